The van der Waals surface area contributed by atoms with Gasteiger partial charge in [0, 0.05) is 24.3 Å². The topological polar surface area (TPSA) is 297 Å². The summed E-state index contributed by atoms with van der Waals surface area (Å²) in [6.45, 7) is -1.48. The molecule has 0 saturated carbocycles. The molecule has 0 radical (unpaired) electrons. The highest BCUT2D eigenvalue weighted by Crippen LogP contribution is 2.42. The van der Waals surface area contributed by atoms with Gasteiger partial charge < -0.3 is 79.9 Å². The number of aliphatic hydroxyl groups excluding tert-OH is 6. The first-order chi connectivity index (χ1) is 25.7. The first kappa shape index (κ1) is 38.4. The third kappa shape index (κ3) is 8.11. The lowest BCUT2D eigenvalue weighted by atomic mass is 9.97. The number of benzene rings is 3. The number of esters is 1. The van der Waals surface area contributed by atoms with Crippen molar-refractivity contribution in [1.82, 2.24) is 0 Å². The molecule has 2 fully saturated rings. The van der Waals surface area contributed by atoms with Gasteiger partial charge in [-0.05, 0) is 35.9 Å². The van der Waals surface area contributed by atoms with Gasteiger partial charge in [0.2, 0.25) is 12.0 Å². The van der Waals surface area contributed by atoms with Gasteiger partial charge in [-0.25, -0.2) is 9.21 Å². The molecule has 0 bridgehead atoms. The van der Waals surface area contributed by atoms with Crippen molar-refractivity contribution in [2.24, 2.45) is 0 Å². The van der Waals surface area contributed by atoms with Gasteiger partial charge in [-0.3, -0.25) is 0 Å². The van der Waals surface area contributed by atoms with Crippen LogP contribution in [0.2, 0.25) is 0 Å². The maximum Gasteiger partial charge on any atom is 0.402 e. The third-order valence-corrected chi connectivity index (χ3v) is 8.78. The Morgan fingerprint density at radius 2 is 1.43 bits per heavy atom. The second-order valence-electron chi connectivity index (χ2n) is 12.5. The number of phenolic OH excluding ortho intramolecular Hbond substituents is 5. The van der Waals surface area contributed by atoms with Crippen LogP contribution in [0.1, 0.15) is 5.56 Å². The highest BCUT2D eigenvalue weighted by atomic mass is 16.8. The molecule has 18 nitrogen and oxygen atoms in total. The molecule has 0 spiro atoms. The van der Waals surface area contributed by atoms with E-state index in [0.29, 0.717) is 5.56 Å². The normalized spacial score (nSPS) is 28.6. The molecule has 0 aliphatic carbocycles. The number of fused-ring (bicyclic) bond motifs is 1. The maximum absolute atomic E-state index is 12.6. The molecule has 2 aliphatic heterocycles. The van der Waals surface area contributed by atoms with Gasteiger partial charge in [0.25, 0.3) is 0 Å². The summed E-state index contributed by atoms with van der Waals surface area (Å²) in [5.74, 6) is -3.21. The van der Waals surface area contributed by atoms with Crippen LogP contribution >= 0.6 is 0 Å². The minimum Gasteiger partial charge on any atom is -0.508 e. The summed E-state index contributed by atoms with van der Waals surface area (Å²) in [6, 6.07) is 12.9. The van der Waals surface area contributed by atoms with Gasteiger partial charge in [0.05, 0.1) is 18.2 Å². The van der Waals surface area contributed by atoms with Gasteiger partial charge in [-0.2, -0.15) is 0 Å². The van der Waals surface area contributed by atoms with Crippen LogP contribution in [0.3, 0.4) is 0 Å². The Balaban J connectivity index is 1.34. The van der Waals surface area contributed by atoms with Crippen LogP contribution in [0.4, 0.5) is 0 Å². The van der Waals surface area contributed by atoms with Crippen LogP contribution in [-0.2, 0) is 23.7 Å². The molecule has 10 atom stereocenters. The predicted octanol–water partition coefficient (Wildman–Crippen LogP) is 0.176. The first-order valence-corrected chi connectivity index (χ1v) is 16.4. The second-order valence-corrected chi connectivity index (χ2v) is 12.5. The number of hydrogen-bond acceptors (Lipinski definition) is 17. The molecule has 6 rings (SSSR count). The van der Waals surface area contributed by atoms with E-state index in [1.54, 1.807) is 0 Å². The standard InChI is InChI=1S/C36H36O18/c37-13-25-28(44)30(46)32(48)35(52-25)54-34-31(47)29(45)26(14-49-27(43)8-3-15-1-5-17(38)6-2-15)53-36(34)51-24-12-19-21(41)10-18(39)11-23(19)50-33(24)16-4-7-20(40)22(42)9-16/h1-12,25-26,28-32,34-37,44-48H,13-14H2,(H4-,38,39,40,41,42,43)/p+1. The smallest absolute Gasteiger partial charge is 0.402 e. The summed E-state index contributed by atoms with van der Waals surface area (Å²) in [6.07, 6.45) is -15.4. The van der Waals surface area contributed by atoms with Crippen molar-refractivity contribution < 1.29 is 89.1 Å². The number of aromatic hydroxyl groups is 5. The van der Waals surface area contributed by atoms with Crippen molar-refractivity contribution in [3.05, 3.63) is 72.3 Å². The second kappa shape index (κ2) is 16.0. The third-order valence-electron chi connectivity index (χ3n) is 8.78. The summed E-state index contributed by atoms with van der Waals surface area (Å²) in [7, 11) is 0. The number of rotatable bonds is 10. The monoisotopic (exact) mass is 757 g/mol. The van der Waals surface area contributed by atoms with E-state index >= 15 is 0 Å². The van der Waals surface area contributed by atoms with E-state index in [1.165, 1.54) is 48.5 Å². The number of ether oxygens (including phenoxy) is 5. The Morgan fingerprint density at radius 1 is 0.722 bits per heavy atom. The molecular weight excluding hydrogens is 720 g/mol. The summed E-state index contributed by atoms with van der Waals surface area (Å²) in [5.41, 5.74) is 0.566. The average Bonchev–Trinajstić information content (AvgIpc) is 3.14. The van der Waals surface area contributed by atoms with Crippen LogP contribution in [-0.4, -0.2) is 137 Å². The molecule has 4 aromatic rings. The van der Waals surface area contributed by atoms with Crippen molar-refractivity contribution in [1.29, 1.82) is 0 Å². The van der Waals surface area contributed by atoms with E-state index in [0.717, 1.165) is 24.3 Å². The molecule has 11 N–H and O–H groups in total. The molecular formula is C36H37O18+. The molecule has 54 heavy (non-hydrogen) atoms. The van der Waals surface area contributed by atoms with Gasteiger partial charge in [-0.1, -0.05) is 12.1 Å². The van der Waals surface area contributed by atoms with Crippen LogP contribution in [0.5, 0.6) is 34.5 Å². The summed E-state index contributed by atoms with van der Waals surface area (Å²) < 4.78 is 34.6. The predicted molar refractivity (Wildman–Crippen MR) is 181 cm³/mol. The van der Waals surface area contributed by atoms with Crippen LogP contribution in [0, 0.1) is 0 Å². The molecule has 2 aliphatic rings. The molecule has 10 unspecified atom stereocenters. The minimum atomic E-state index is -1.98. The van der Waals surface area contributed by atoms with Crippen LogP contribution in [0.15, 0.2) is 71.2 Å². The zero-order chi connectivity index (χ0) is 38.8. The van der Waals surface area contributed by atoms with Gasteiger partial charge in [0.1, 0.15) is 72.0 Å². The molecule has 0 amide bonds. The Hall–Kier alpha value is -5.28. The Bertz CT molecular complexity index is 1980. The van der Waals surface area contributed by atoms with Crippen molar-refractivity contribution >= 4 is 23.0 Å². The molecule has 18 heteroatoms. The lowest BCUT2D eigenvalue weighted by molar-refractivity contribution is -0.357. The SMILES string of the molecule is O=C(C=Cc1ccc(O)cc1)OCC1OC(Oc2cc3c(O)cc(O)cc3[o+]c2-c2ccc(O)c(O)c2)C(OC2OC(CO)C(O)C(O)C2O)C(O)C1O. The largest absolute Gasteiger partial charge is 0.508 e. The van der Waals surface area contributed by atoms with Crippen molar-refractivity contribution in [3.63, 3.8) is 0 Å². The number of phenols is 5. The van der Waals surface area contributed by atoms with E-state index in [2.05, 4.69) is 0 Å². The van der Waals surface area contributed by atoms with Crippen LogP contribution < -0.4 is 4.74 Å². The number of hydrogen-bond donors (Lipinski definition) is 11. The van der Waals surface area contributed by atoms with E-state index in [1.807, 2.05) is 0 Å². The number of carbonyl (C=O) groups excluding carboxylic acids is 1. The fourth-order valence-electron chi connectivity index (χ4n) is 5.84. The van der Waals surface area contributed by atoms with Crippen molar-refractivity contribution in [2.75, 3.05) is 13.2 Å². The highest BCUT2D eigenvalue weighted by Gasteiger charge is 2.52. The van der Waals surface area contributed by atoms with Crippen LogP contribution in [0.25, 0.3) is 28.4 Å². The van der Waals surface area contributed by atoms with Gasteiger partial charge >= 0.3 is 17.3 Å². The summed E-state index contributed by atoms with van der Waals surface area (Å²) in [5, 5.41) is 114. The van der Waals surface area contributed by atoms with Crippen molar-refractivity contribution in [2.45, 2.75) is 61.4 Å². The fourth-order valence-corrected chi connectivity index (χ4v) is 5.84. The molecule has 3 aromatic carbocycles. The fraction of sp³-hybridized carbons (Fsp3) is 0.333. The first-order valence-electron chi connectivity index (χ1n) is 16.4. The zero-order valence-corrected chi connectivity index (χ0v) is 27.9. The van der Waals surface area contributed by atoms with E-state index in [4.69, 9.17) is 28.1 Å². The lowest BCUT2D eigenvalue weighted by Gasteiger charge is -2.45. The number of aliphatic hydroxyl groups is 6. The molecule has 288 valence electrons. The molecule has 1 aromatic heterocycles. The highest BCUT2D eigenvalue weighted by molar-refractivity contribution is 5.89. The van der Waals surface area contributed by atoms with E-state index in [-0.39, 0.29) is 39.5 Å². The average molecular weight is 758 g/mol. The minimum absolute atomic E-state index is 0.0109. The van der Waals surface area contributed by atoms with E-state index in [9.17, 15) is 61.0 Å². The zero-order valence-electron chi connectivity index (χ0n) is 27.9. The Kier molecular flexibility index (Phi) is 11.4. The summed E-state index contributed by atoms with van der Waals surface area (Å²) in [4.78, 5) is 12.6. The summed E-state index contributed by atoms with van der Waals surface area (Å²) >= 11 is 0. The van der Waals surface area contributed by atoms with Gasteiger partial charge in [-0.15, -0.1) is 0 Å². The molecule has 3 heterocycles. The van der Waals surface area contributed by atoms with E-state index < -0.39 is 97.8 Å². The number of carbonyl (C=O) groups is 1. The Morgan fingerprint density at radius 3 is 2.13 bits per heavy atom. The quantitative estimate of drug-likeness (QED) is 0.0445. The lowest BCUT2D eigenvalue weighted by Crippen LogP contribution is -2.65. The van der Waals surface area contributed by atoms with Gasteiger partial charge in [0.15, 0.2) is 23.9 Å². The van der Waals surface area contributed by atoms with Crippen molar-refractivity contribution in [3.8, 4) is 45.8 Å². The Labute approximate surface area is 304 Å². The molecule has 2 saturated heterocycles. The maximum atomic E-state index is 12.6.